The standard InChI is InChI=1S/2C15H16N2O/c2*1-12(13-8-4-2-5-9-13)16-17-15(18)14-10-6-3-7-11-14/h2*2-12,16H,1H3,(H,17,18). The van der Waals surface area contributed by atoms with E-state index in [1.54, 1.807) is 24.3 Å². The molecule has 0 radical (unpaired) electrons. The number of carbonyl (C=O) groups excluding carboxylic acids is 2. The first kappa shape index (κ1) is 26.3. The van der Waals surface area contributed by atoms with Gasteiger partial charge in [0.15, 0.2) is 0 Å². The average molecular weight is 481 g/mol. The molecule has 0 aromatic heterocycles. The minimum absolute atomic E-state index is 0.0684. The van der Waals surface area contributed by atoms with Crippen molar-refractivity contribution in [3.8, 4) is 0 Å². The second-order valence-corrected chi connectivity index (χ2v) is 8.19. The highest BCUT2D eigenvalue weighted by atomic mass is 16.2. The molecule has 36 heavy (non-hydrogen) atoms. The van der Waals surface area contributed by atoms with E-state index < -0.39 is 0 Å². The third kappa shape index (κ3) is 8.51. The van der Waals surface area contributed by atoms with Gasteiger partial charge in [0.25, 0.3) is 11.8 Å². The van der Waals surface area contributed by atoms with Crippen LogP contribution in [0, 0.1) is 0 Å². The molecular formula is C30H32N4O2. The normalized spacial score (nSPS) is 11.8. The summed E-state index contributed by atoms with van der Waals surface area (Å²) < 4.78 is 0. The molecule has 0 bridgehead atoms. The summed E-state index contributed by atoms with van der Waals surface area (Å²) in [4.78, 5) is 23.6. The molecule has 2 atom stereocenters. The van der Waals surface area contributed by atoms with E-state index in [2.05, 4.69) is 21.7 Å². The molecule has 0 aliphatic carbocycles. The molecular weight excluding hydrogens is 448 g/mol. The van der Waals surface area contributed by atoms with Gasteiger partial charge in [-0.15, -0.1) is 0 Å². The molecule has 0 spiro atoms. The quantitative estimate of drug-likeness (QED) is 0.256. The lowest BCUT2D eigenvalue weighted by Crippen LogP contribution is -2.38. The third-order valence-corrected chi connectivity index (χ3v) is 5.48. The number of hydrazine groups is 2. The highest BCUT2D eigenvalue weighted by Crippen LogP contribution is 2.11. The number of hydrogen-bond acceptors (Lipinski definition) is 4. The Labute approximate surface area is 212 Å². The Morgan fingerprint density at radius 1 is 0.472 bits per heavy atom. The molecule has 4 aromatic rings. The molecule has 4 rings (SSSR count). The molecule has 6 heteroatoms. The van der Waals surface area contributed by atoms with Crippen molar-refractivity contribution in [2.24, 2.45) is 0 Å². The fourth-order valence-electron chi connectivity index (χ4n) is 3.32. The second kappa shape index (κ2) is 14.2. The molecule has 2 amide bonds. The van der Waals surface area contributed by atoms with Crippen molar-refractivity contribution in [2.45, 2.75) is 25.9 Å². The van der Waals surface area contributed by atoms with E-state index in [0.717, 1.165) is 11.1 Å². The second-order valence-electron chi connectivity index (χ2n) is 8.19. The topological polar surface area (TPSA) is 82.3 Å². The fourth-order valence-corrected chi connectivity index (χ4v) is 3.32. The SMILES string of the molecule is CC(NNC(=O)c1ccccc1)c1ccccc1.CC(NNC(=O)c1ccccc1)c1ccccc1. The Morgan fingerprint density at radius 3 is 1.06 bits per heavy atom. The van der Waals surface area contributed by atoms with E-state index in [9.17, 15) is 9.59 Å². The van der Waals surface area contributed by atoms with E-state index in [1.807, 2.05) is 111 Å². The number of nitrogens with one attached hydrogen (secondary N) is 4. The van der Waals surface area contributed by atoms with Crippen LogP contribution >= 0.6 is 0 Å². The number of amides is 2. The van der Waals surface area contributed by atoms with Gasteiger partial charge in [0.2, 0.25) is 0 Å². The average Bonchev–Trinajstić information content (AvgIpc) is 2.96. The van der Waals surface area contributed by atoms with Crippen LogP contribution in [0.3, 0.4) is 0 Å². The van der Waals surface area contributed by atoms with Crippen molar-refractivity contribution in [1.82, 2.24) is 21.7 Å². The van der Waals surface area contributed by atoms with Crippen LogP contribution in [-0.4, -0.2) is 11.8 Å². The minimum atomic E-state index is -0.126. The van der Waals surface area contributed by atoms with E-state index in [1.165, 1.54) is 0 Å². The van der Waals surface area contributed by atoms with E-state index in [-0.39, 0.29) is 23.9 Å². The lowest BCUT2D eigenvalue weighted by molar-refractivity contribution is 0.0918. The Balaban J connectivity index is 0.000000201. The van der Waals surface area contributed by atoms with Gasteiger partial charge in [0.1, 0.15) is 0 Å². The zero-order chi connectivity index (χ0) is 25.6. The summed E-state index contributed by atoms with van der Waals surface area (Å²) in [6, 6.07) is 38.3. The maximum Gasteiger partial charge on any atom is 0.265 e. The number of hydrogen-bond donors (Lipinski definition) is 4. The highest BCUT2D eigenvalue weighted by molar-refractivity contribution is 5.94. The molecule has 0 saturated carbocycles. The Bertz CT molecular complexity index is 1090. The maximum atomic E-state index is 11.8. The fraction of sp³-hybridized carbons (Fsp3) is 0.133. The molecule has 0 aliphatic rings. The summed E-state index contributed by atoms with van der Waals surface area (Å²) in [5.74, 6) is -0.253. The van der Waals surface area contributed by atoms with Gasteiger partial charge in [0, 0.05) is 23.2 Å². The van der Waals surface area contributed by atoms with Gasteiger partial charge >= 0.3 is 0 Å². The van der Waals surface area contributed by atoms with Gasteiger partial charge in [-0.1, -0.05) is 97.1 Å². The van der Waals surface area contributed by atoms with Gasteiger partial charge in [0.05, 0.1) is 0 Å². The molecule has 184 valence electrons. The molecule has 0 heterocycles. The van der Waals surface area contributed by atoms with Crippen molar-refractivity contribution in [3.63, 3.8) is 0 Å². The predicted molar refractivity (Wildman–Crippen MR) is 144 cm³/mol. The van der Waals surface area contributed by atoms with Crippen LogP contribution in [0.15, 0.2) is 121 Å². The Morgan fingerprint density at radius 2 is 0.750 bits per heavy atom. The first-order valence-corrected chi connectivity index (χ1v) is 11.9. The van der Waals surface area contributed by atoms with Crippen LogP contribution in [0.25, 0.3) is 0 Å². The zero-order valence-corrected chi connectivity index (χ0v) is 20.5. The molecule has 4 aromatic carbocycles. The van der Waals surface area contributed by atoms with Crippen LogP contribution in [0.5, 0.6) is 0 Å². The van der Waals surface area contributed by atoms with E-state index in [4.69, 9.17) is 0 Å². The summed E-state index contributed by atoms with van der Waals surface area (Å²) >= 11 is 0. The van der Waals surface area contributed by atoms with Gasteiger partial charge in [-0.05, 0) is 49.2 Å². The summed E-state index contributed by atoms with van der Waals surface area (Å²) in [6.45, 7) is 4.00. The summed E-state index contributed by atoms with van der Waals surface area (Å²) in [6.07, 6.45) is 0. The lowest BCUT2D eigenvalue weighted by atomic mass is 10.1. The maximum absolute atomic E-state index is 11.8. The molecule has 0 fully saturated rings. The van der Waals surface area contributed by atoms with E-state index >= 15 is 0 Å². The third-order valence-electron chi connectivity index (χ3n) is 5.48. The van der Waals surface area contributed by atoms with Crippen molar-refractivity contribution >= 4 is 11.8 Å². The molecule has 4 N–H and O–H groups in total. The summed E-state index contributed by atoms with van der Waals surface area (Å²) in [5.41, 5.74) is 15.0. The molecule has 6 nitrogen and oxygen atoms in total. The smallest absolute Gasteiger partial charge is 0.265 e. The Hall–Kier alpha value is -4.26. The Kier molecular flexibility index (Phi) is 10.4. The minimum Gasteiger partial charge on any atom is -0.287 e. The monoisotopic (exact) mass is 480 g/mol. The number of carbonyl (C=O) groups is 2. The predicted octanol–water partition coefficient (Wildman–Crippen LogP) is 5.36. The molecule has 2 unspecified atom stereocenters. The number of rotatable bonds is 8. The van der Waals surface area contributed by atoms with E-state index in [0.29, 0.717) is 11.1 Å². The molecule has 0 aliphatic heterocycles. The first-order valence-electron chi connectivity index (χ1n) is 11.9. The van der Waals surface area contributed by atoms with Crippen molar-refractivity contribution in [3.05, 3.63) is 144 Å². The van der Waals surface area contributed by atoms with Crippen molar-refractivity contribution in [1.29, 1.82) is 0 Å². The van der Waals surface area contributed by atoms with Crippen LogP contribution in [0.2, 0.25) is 0 Å². The van der Waals surface area contributed by atoms with Crippen LogP contribution < -0.4 is 21.7 Å². The highest BCUT2D eigenvalue weighted by Gasteiger charge is 2.08. The lowest BCUT2D eigenvalue weighted by Gasteiger charge is -2.15. The van der Waals surface area contributed by atoms with Crippen LogP contribution in [0.4, 0.5) is 0 Å². The van der Waals surface area contributed by atoms with Gasteiger partial charge in [-0.2, -0.15) is 0 Å². The van der Waals surface area contributed by atoms with Crippen molar-refractivity contribution < 1.29 is 9.59 Å². The van der Waals surface area contributed by atoms with Gasteiger partial charge < -0.3 is 0 Å². The largest absolute Gasteiger partial charge is 0.287 e. The zero-order valence-electron chi connectivity index (χ0n) is 20.5. The number of benzene rings is 4. The van der Waals surface area contributed by atoms with Crippen LogP contribution in [-0.2, 0) is 0 Å². The van der Waals surface area contributed by atoms with Crippen molar-refractivity contribution in [2.75, 3.05) is 0 Å². The molecule has 0 saturated heterocycles. The van der Waals surface area contributed by atoms with Gasteiger partial charge in [-0.3, -0.25) is 20.4 Å². The van der Waals surface area contributed by atoms with Gasteiger partial charge in [-0.25, -0.2) is 10.9 Å². The van der Waals surface area contributed by atoms with Crippen LogP contribution in [0.1, 0.15) is 57.8 Å². The first-order chi connectivity index (χ1) is 17.5. The summed E-state index contributed by atoms with van der Waals surface area (Å²) in [7, 11) is 0. The summed E-state index contributed by atoms with van der Waals surface area (Å²) in [5, 5.41) is 0.